The smallest absolute Gasteiger partial charge is 0.189 e. The van der Waals surface area contributed by atoms with Crippen molar-refractivity contribution in [2.24, 2.45) is 0 Å². The van der Waals surface area contributed by atoms with Gasteiger partial charge in [0.2, 0.25) is 0 Å². The van der Waals surface area contributed by atoms with Crippen molar-refractivity contribution in [2.45, 2.75) is 27.2 Å². The molecule has 0 saturated carbocycles. The second-order valence-electron chi connectivity index (χ2n) is 7.20. The average molecular weight is 400 g/mol. The van der Waals surface area contributed by atoms with Gasteiger partial charge in [-0.3, -0.25) is 0 Å². The van der Waals surface area contributed by atoms with Gasteiger partial charge in [0.15, 0.2) is 10.9 Å². The lowest BCUT2D eigenvalue weighted by Gasteiger charge is -2.10. The van der Waals surface area contributed by atoms with Crippen molar-refractivity contribution in [3.05, 3.63) is 71.4 Å². The number of anilines is 2. The van der Waals surface area contributed by atoms with Gasteiger partial charge in [-0.2, -0.15) is 9.78 Å². The minimum atomic E-state index is 0.797. The van der Waals surface area contributed by atoms with Crippen LogP contribution in [-0.2, 0) is 6.42 Å². The summed E-state index contributed by atoms with van der Waals surface area (Å²) in [6.45, 7) is 6.26. The molecule has 144 valence electrons. The van der Waals surface area contributed by atoms with E-state index in [9.17, 15) is 0 Å². The fraction of sp³-hybridized carbons (Fsp3) is 0.174. The molecule has 5 nitrogen and oxygen atoms in total. The number of rotatable bonds is 4. The van der Waals surface area contributed by atoms with E-state index in [1.807, 2.05) is 35.9 Å². The molecule has 0 aliphatic heterocycles. The lowest BCUT2D eigenvalue weighted by Crippen LogP contribution is -2.05. The summed E-state index contributed by atoms with van der Waals surface area (Å²) < 4.78 is 3.05. The molecule has 0 saturated heterocycles. The van der Waals surface area contributed by atoms with Gasteiger partial charge in [-0.15, -0.1) is 0 Å². The molecule has 5 rings (SSSR count). The van der Waals surface area contributed by atoms with Crippen molar-refractivity contribution in [1.82, 2.24) is 19.7 Å². The van der Waals surface area contributed by atoms with Gasteiger partial charge < -0.3 is 5.32 Å². The molecule has 0 radical (unpaired) electrons. The van der Waals surface area contributed by atoms with Crippen molar-refractivity contribution in [3.63, 3.8) is 0 Å². The topological polar surface area (TPSA) is 55.6 Å². The first-order valence-electron chi connectivity index (χ1n) is 9.70. The number of fused-ring (bicyclic) bond motifs is 2. The number of aryl methyl sites for hydroxylation is 3. The zero-order chi connectivity index (χ0) is 20.0. The van der Waals surface area contributed by atoms with Crippen LogP contribution < -0.4 is 5.32 Å². The summed E-state index contributed by atoms with van der Waals surface area (Å²) in [4.78, 5) is 9.57. The van der Waals surface area contributed by atoms with E-state index in [0.717, 1.165) is 45.3 Å². The molecule has 6 heteroatoms. The SMILES string of the molecule is CCc1ccc2nc(Nc3cc(C)nn3-c3cc(C)c4ccccc4n3)sc2c1. The fourth-order valence-corrected chi connectivity index (χ4v) is 4.49. The normalized spacial score (nSPS) is 11.4. The Morgan fingerprint density at radius 1 is 0.966 bits per heavy atom. The van der Waals surface area contributed by atoms with Crippen LogP contribution in [0, 0.1) is 13.8 Å². The third-order valence-corrected chi connectivity index (χ3v) is 5.99. The van der Waals surface area contributed by atoms with Crippen LogP contribution in [-0.4, -0.2) is 19.7 Å². The largest absolute Gasteiger partial charge is 0.316 e. The number of hydrogen-bond acceptors (Lipinski definition) is 5. The number of nitrogens with one attached hydrogen (secondary N) is 1. The molecule has 1 N–H and O–H groups in total. The summed E-state index contributed by atoms with van der Waals surface area (Å²) in [5.74, 6) is 1.66. The lowest BCUT2D eigenvalue weighted by molar-refractivity contribution is 0.843. The number of thiazole rings is 1. The summed E-state index contributed by atoms with van der Waals surface area (Å²) in [5.41, 5.74) is 5.40. The highest BCUT2D eigenvalue weighted by atomic mass is 32.1. The predicted octanol–water partition coefficient (Wildman–Crippen LogP) is 5.95. The third kappa shape index (κ3) is 3.25. The van der Waals surface area contributed by atoms with Gasteiger partial charge in [-0.1, -0.05) is 42.5 Å². The van der Waals surface area contributed by atoms with Crippen molar-refractivity contribution in [2.75, 3.05) is 5.32 Å². The Kier molecular flexibility index (Phi) is 4.28. The van der Waals surface area contributed by atoms with E-state index in [1.54, 1.807) is 11.3 Å². The van der Waals surface area contributed by atoms with E-state index in [2.05, 4.69) is 54.6 Å². The van der Waals surface area contributed by atoms with Gasteiger partial charge in [0.1, 0.15) is 5.82 Å². The summed E-state index contributed by atoms with van der Waals surface area (Å²) in [5, 5.41) is 10.1. The highest BCUT2D eigenvalue weighted by Crippen LogP contribution is 2.30. The van der Waals surface area contributed by atoms with Gasteiger partial charge in [-0.05, 0) is 55.7 Å². The van der Waals surface area contributed by atoms with Gasteiger partial charge >= 0.3 is 0 Å². The fourth-order valence-electron chi connectivity index (χ4n) is 3.56. The average Bonchev–Trinajstić information content (AvgIpc) is 3.29. The maximum atomic E-state index is 4.83. The van der Waals surface area contributed by atoms with E-state index in [0.29, 0.717) is 0 Å². The second-order valence-corrected chi connectivity index (χ2v) is 8.23. The van der Waals surface area contributed by atoms with Crippen LogP contribution in [0.15, 0.2) is 54.6 Å². The molecule has 0 bridgehead atoms. The molecule has 0 spiro atoms. The third-order valence-electron chi connectivity index (χ3n) is 5.05. The summed E-state index contributed by atoms with van der Waals surface area (Å²) in [6, 6.07) is 18.7. The second kappa shape index (κ2) is 6.97. The Labute approximate surface area is 173 Å². The van der Waals surface area contributed by atoms with Crippen LogP contribution in [0.25, 0.3) is 26.9 Å². The molecule has 0 amide bonds. The Balaban J connectivity index is 1.56. The van der Waals surface area contributed by atoms with E-state index in [4.69, 9.17) is 9.97 Å². The van der Waals surface area contributed by atoms with E-state index in [1.165, 1.54) is 15.8 Å². The molecule has 29 heavy (non-hydrogen) atoms. The Morgan fingerprint density at radius 2 is 1.83 bits per heavy atom. The molecule has 2 aromatic carbocycles. The summed E-state index contributed by atoms with van der Waals surface area (Å²) in [7, 11) is 0. The zero-order valence-corrected chi connectivity index (χ0v) is 17.4. The van der Waals surface area contributed by atoms with Crippen LogP contribution in [0.2, 0.25) is 0 Å². The summed E-state index contributed by atoms with van der Waals surface area (Å²) >= 11 is 1.66. The van der Waals surface area contributed by atoms with Crippen LogP contribution in [0.3, 0.4) is 0 Å². The molecular weight excluding hydrogens is 378 g/mol. The number of para-hydroxylation sites is 1. The quantitative estimate of drug-likeness (QED) is 0.405. The van der Waals surface area contributed by atoms with Crippen molar-refractivity contribution < 1.29 is 0 Å². The first kappa shape index (κ1) is 17.8. The molecular formula is C23H21N5S. The Bertz CT molecular complexity index is 1350. The van der Waals surface area contributed by atoms with Gasteiger partial charge in [-0.25, -0.2) is 9.97 Å². The van der Waals surface area contributed by atoms with Crippen LogP contribution in [0.4, 0.5) is 10.9 Å². The first-order valence-corrected chi connectivity index (χ1v) is 10.5. The molecule has 0 aliphatic rings. The summed E-state index contributed by atoms with van der Waals surface area (Å²) in [6.07, 6.45) is 1.02. The highest BCUT2D eigenvalue weighted by Gasteiger charge is 2.13. The molecule has 0 atom stereocenters. The highest BCUT2D eigenvalue weighted by molar-refractivity contribution is 7.22. The number of benzene rings is 2. The predicted molar refractivity (Wildman–Crippen MR) is 121 cm³/mol. The maximum Gasteiger partial charge on any atom is 0.189 e. The molecule has 0 aliphatic carbocycles. The lowest BCUT2D eigenvalue weighted by atomic mass is 10.1. The Hall–Kier alpha value is -3.25. The van der Waals surface area contributed by atoms with Crippen molar-refractivity contribution in [3.8, 4) is 5.82 Å². The first-order chi connectivity index (χ1) is 14.1. The number of nitrogens with zero attached hydrogens (tertiary/aromatic N) is 4. The Morgan fingerprint density at radius 3 is 2.69 bits per heavy atom. The van der Waals surface area contributed by atoms with Crippen molar-refractivity contribution >= 4 is 43.4 Å². The van der Waals surface area contributed by atoms with E-state index in [-0.39, 0.29) is 0 Å². The van der Waals surface area contributed by atoms with Crippen LogP contribution in [0.1, 0.15) is 23.7 Å². The molecule has 0 fully saturated rings. The number of hydrogen-bond donors (Lipinski definition) is 1. The standard InChI is InChI=1S/C23H21N5S/c1-4-16-9-10-19-20(13-16)29-23(25-19)26-22-12-15(3)27-28(22)21-11-14(2)17-7-5-6-8-18(17)24-21/h5-13H,4H2,1-3H3,(H,25,26). The van der Waals surface area contributed by atoms with Gasteiger partial charge in [0.25, 0.3) is 0 Å². The minimum absolute atomic E-state index is 0.797. The number of aromatic nitrogens is 4. The molecule has 3 aromatic heterocycles. The molecule has 5 aromatic rings. The van der Waals surface area contributed by atoms with Crippen LogP contribution in [0.5, 0.6) is 0 Å². The molecule has 0 unspecified atom stereocenters. The maximum absolute atomic E-state index is 4.83. The van der Waals surface area contributed by atoms with Crippen molar-refractivity contribution in [1.29, 1.82) is 0 Å². The zero-order valence-electron chi connectivity index (χ0n) is 16.6. The molecule has 3 heterocycles. The van der Waals surface area contributed by atoms with Crippen LogP contribution >= 0.6 is 11.3 Å². The van der Waals surface area contributed by atoms with Gasteiger partial charge in [0.05, 0.1) is 21.4 Å². The van der Waals surface area contributed by atoms with Gasteiger partial charge in [0, 0.05) is 11.5 Å². The minimum Gasteiger partial charge on any atom is -0.316 e. The van der Waals surface area contributed by atoms with E-state index >= 15 is 0 Å². The monoisotopic (exact) mass is 399 g/mol. The number of pyridine rings is 1. The van der Waals surface area contributed by atoms with E-state index < -0.39 is 0 Å².